The Morgan fingerprint density at radius 1 is 1.05 bits per heavy atom. The Balaban J connectivity index is 1.16. The number of aliphatic hydroxyl groups excluding tert-OH is 3. The van der Waals surface area contributed by atoms with E-state index < -0.39 is 42.6 Å². The molecule has 4 atom stereocenters. The number of carbonyl (C=O) groups is 3. The van der Waals surface area contributed by atoms with Gasteiger partial charge in [-0.25, -0.2) is 4.98 Å². The van der Waals surface area contributed by atoms with Gasteiger partial charge in [-0.1, -0.05) is 18.6 Å². The molecule has 2 aromatic heterocycles. The minimum absolute atomic E-state index is 0.0137. The van der Waals surface area contributed by atoms with Crippen LogP contribution < -0.4 is 10.9 Å². The molecule has 3 aromatic rings. The van der Waals surface area contributed by atoms with Crippen molar-refractivity contribution in [2.75, 3.05) is 18.5 Å². The number of ether oxygens (including phenoxy) is 1. The maximum Gasteiger partial charge on any atom is 0.280 e. The van der Waals surface area contributed by atoms with Crippen molar-refractivity contribution >= 4 is 34.8 Å². The van der Waals surface area contributed by atoms with Gasteiger partial charge in [0, 0.05) is 13.0 Å². The Morgan fingerprint density at radius 2 is 1.76 bits per heavy atom. The summed E-state index contributed by atoms with van der Waals surface area (Å²) in [6, 6.07) is 6.67. The minimum atomic E-state index is -1.40. The number of H-pyrrole nitrogens is 1. The third kappa shape index (κ3) is 4.58. The number of aromatic nitrogens is 4. The van der Waals surface area contributed by atoms with Crippen LogP contribution in [0.4, 0.5) is 5.95 Å². The number of unbranched alkanes of at least 4 members (excludes halogenated alkanes) is 2. The summed E-state index contributed by atoms with van der Waals surface area (Å²) in [4.78, 5) is 61.6. The number of imidazole rings is 1. The molecule has 2 aliphatic heterocycles. The summed E-state index contributed by atoms with van der Waals surface area (Å²) in [5.41, 5.74) is 0.121. The lowest BCUT2D eigenvalue weighted by molar-refractivity contribution is -0.116. The number of carbonyl (C=O) groups excluding carboxylic acids is 3. The molecule has 5 rings (SSSR count). The minimum Gasteiger partial charge on any atom is -0.394 e. The van der Waals surface area contributed by atoms with Crippen molar-refractivity contribution < 1.29 is 34.4 Å². The monoisotopic (exact) mass is 526 g/mol. The molecule has 0 bridgehead atoms. The fourth-order valence-corrected chi connectivity index (χ4v) is 4.65. The lowest BCUT2D eigenvalue weighted by Crippen LogP contribution is -2.33. The SMILES string of the molecule is O=C(CCCCCN1C(=O)c2ccccc2C1=O)Nc1nc2c(ncn2[C@@H]2O[C@@H](CO)[C@@H](O)[C@@H]2O)c(=O)[nH]1. The van der Waals surface area contributed by atoms with Crippen molar-refractivity contribution in [1.82, 2.24) is 24.4 Å². The van der Waals surface area contributed by atoms with Gasteiger partial charge in [0.15, 0.2) is 17.4 Å². The van der Waals surface area contributed by atoms with Gasteiger partial charge in [-0.15, -0.1) is 0 Å². The Kier molecular flexibility index (Phi) is 7.03. The van der Waals surface area contributed by atoms with E-state index in [0.717, 1.165) is 0 Å². The molecule has 38 heavy (non-hydrogen) atoms. The Labute approximate surface area is 214 Å². The summed E-state index contributed by atoms with van der Waals surface area (Å²) in [5.74, 6) is -1.17. The first-order valence-corrected chi connectivity index (χ1v) is 12.1. The summed E-state index contributed by atoms with van der Waals surface area (Å²) in [6.45, 7) is -0.264. The zero-order valence-electron chi connectivity index (χ0n) is 20.1. The smallest absolute Gasteiger partial charge is 0.280 e. The van der Waals surface area contributed by atoms with Crippen LogP contribution in [0.1, 0.15) is 52.6 Å². The van der Waals surface area contributed by atoms with Crippen LogP contribution in [-0.2, 0) is 9.53 Å². The van der Waals surface area contributed by atoms with Crippen molar-refractivity contribution in [2.24, 2.45) is 0 Å². The van der Waals surface area contributed by atoms with E-state index in [1.807, 2.05) is 0 Å². The molecule has 1 aromatic carbocycles. The zero-order valence-corrected chi connectivity index (χ0v) is 20.1. The highest BCUT2D eigenvalue weighted by Gasteiger charge is 2.44. The third-order valence-electron chi connectivity index (χ3n) is 6.65. The molecule has 14 heteroatoms. The number of hydrogen-bond donors (Lipinski definition) is 5. The number of nitrogens with zero attached hydrogens (tertiary/aromatic N) is 4. The molecule has 0 spiro atoms. The molecule has 0 aliphatic carbocycles. The summed E-state index contributed by atoms with van der Waals surface area (Å²) < 4.78 is 6.73. The normalized spacial score (nSPS) is 22.9. The number of nitrogens with one attached hydrogen (secondary N) is 2. The van der Waals surface area contributed by atoms with Crippen LogP contribution in [0.2, 0.25) is 0 Å². The van der Waals surface area contributed by atoms with Crippen LogP contribution in [0.15, 0.2) is 35.4 Å². The summed E-state index contributed by atoms with van der Waals surface area (Å²) >= 11 is 0. The number of benzene rings is 1. The first kappa shape index (κ1) is 25.7. The van der Waals surface area contributed by atoms with Gasteiger partial charge in [-0.3, -0.25) is 38.9 Å². The average molecular weight is 527 g/mol. The number of imide groups is 1. The highest BCUT2D eigenvalue weighted by atomic mass is 16.6. The molecule has 0 unspecified atom stereocenters. The molecular weight excluding hydrogens is 500 g/mol. The Bertz CT molecular complexity index is 1420. The largest absolute Gasteiger partial charge is 0.394 e. The van der Waals surface area contributed by atoms with Gasteiger partial charge in [0.2, 0.25) is 11.9 Å². The number of hydrogen-bond acceptors (Lipinski definition) is 10. The molecule has 200 valence electrons. The summed E-state index contributed by atoms with van der Waals surface area (Å²) in [6.07, 6.45) is -2.00. The lowest BCUT2D eigenvalue weighted by atomic mass is 10.1. The van der Waals surface area contributed by atoms with E-state index in [1.54, 1.807) is 24.3 Å². The predicted molar refractivity (Wildman–Crippen MR) is 130 cm³/mol. The maximum atomic E-state index is 12.5. The molecule has 2 aliphatic rings. The van der Waals surface area contributed by atoms with Crippen molar-refractivity contribution in [3.63, 3.8) is 0 Å². The lowest BCUT2D eigenvalue weighted by Gasteiger charge is -2.16. The van der Waals surface area contributed by atoms with Crippen LogP contribution in [0, 0.1) is 0 Å². The standard InChI is InChI=1S/C24H26N6O8/c31-10-14-17(33)18(34)23(38-14)30-11-25-16-19(30)27-24(28-20(16)35)26-15(32)8-2-1-5-9-29-21(36)12-6-3-4-7-13(12)22(29)37/h3-4,6-7,11,14,17-18,23,31,33-34H,1-2,5,8-10H2,(H2,26,27,28,32,35)/t14-,17+,18-,23+/m0/s1. The van der Waals surface area contributed by atoms with E-state index >= 15 is 0 Å². The van der Waals surface area contributed by atoms with Crippen molar-refractivity contribution in [3.05, 3.63) is 52.1 Å². The first-order valence-electron chi connectivity index (χ1n) is 12.1. The highest BCUT2D eigenvalue weighted by Crippen LogP contribution is 2.31. The molecule has 3 amide bonds. The molecule has 14 nitrogen and oxygen atoms in total. The summed E-state index contributed by atoms with van der Waals surface area (Å²) in [5, 5.41) is 32.2. The van der Waals surface area contributed by atoms with Gasteiger partial charge in [-0.2, -0.15) is 4.98 Å². The van der Waals surface area contributed by atoms with E-state index in [1.165, 1.54) is 15.8 Å². The zero-order chi connectivity index (χ0) is 27.0. The van der Waals surface area contributed by atoms with Crippen LogP contribution in [0.25, 0.3) is 11.2 Å². The number of aromatic amines is 1. The second kappa shape index (κ2) is 10.4. The molecule has 4 heterocycles. The van der Waals surface area contributed by atoms with E-state index in [-0.39, 0.29) is 41.9 Å². The van der Waals surface area contributed by atoms with E-state index in [9.17, 15) is 34.5 Å². The van der Waals surface area contributed by atoms with Crippen LogP contribution >= 0.6 is 0 Å². The van der Waals surface area contributed by atoms with Gasteiger partial charge in [-0.05, 0) is 25.0 Å². The van der Waals surface area contributed by atoms with E-state index in [4.69, 9.17) is 4.74 Å². The second-order valence-corrected chi connectivity index (χ2v) is 9.13. The number of fused-ring (bicyclic) bond motifs is 2. The van der Waals surface area contributed by atoms with Gasteiger partial charge in [0.05, 0.1) is 24.1 Å². The number of rotatable bonds is 9. The van der Waals surface area contributed by atoms with Gasteiger partial charge < -0.3 is 20.1 Å². The highest BCUT2D eigenvalue weighted by molar-refractivity contribution is 6.21. The van der Waals surface area contributed by atoms with Gasteiger partial charge in [0.25, 0.3) is 17.4 Å². The fraction of sp³-hybridized carbons (Fsp3) is 0.417. The molecular formula is C24H26N6O8. The third-order valence-corrected chi connectivity index (χ3v) is 6.65. The summed E-state index contributed by atoms with van der Waals surface area (Å²) in [7, 11) is 0. The first-order chi connectivity index (χ1) is 18.3. The molecule has 1 fully saturated rings. The Hall–Kier alpha value is -3.98. The van der Waals surface area contributed by atoms with Gasteiger partial charge >= 0.3 is 0 Å². The topological polar surface area (TPSA) is 200 Å². The number of aliphatic hydroxyl groups is 3. The average Bonchev–Trinajstić information content (AvgIpc) is 3.53. The second-order valence-electron chi connectivity index (χ2n) is 9.13. The number of anilines is 1. The fourth-order valence-electron chi connectivity index (χ4n) is 4.65. The van der Waals surface area contributed by atoms with Crippen LogP contribution in [0.5, 0.6) is 0 Å². The van der Waals surface area contributed by atoms with E-state index in [0.29, 0.717) is 30.4 Å². The molecule has 1 saturated heterocycles. The van der Waals surface area contributed by atoms with Crippen molar-refractivity contribution in [3.8, 4) is 0 Å². The quantitative estimate of drug-likeness (QED) is 0.179. The van der Waals surface area contributed by atoms with Crippen LogP contribution in [-0.4, -0.2) is 88.9 Å². The van der Waals surface area contributed by atoms with E-state index in [2.05, 4.69) is 20.3 Å². The molecule has 5 N–H and O–H groups in total. The van der Waals surface area contributed by atoms with Crippen molar-refractivity contribution in [1.29, 1.82) is 0 Å². The van der Waals surface area contributed by atoms with Gasteiger partial charge in [0.1, 0.15) is 18.3 Å². The van der Waals surface area contributed by atoms with Crippen molar-refractivity contribution in [2.45, 2.75) is 50.2 Å². The molecule has 0 radical (unpaired) electrons. The van der Waals surface area contributed by atoms with Crippen LogP contribution in [0.3, 0.4) is 0 Å². The molecule has 0 saturated carbocycles. The Morgan fingerprint density at radius 3 is 2.42 bits per heavy atom. The predicted octanol–water partition coefficient (Wildman–Crippen LogP) is -0.474. The maximum absolute atomic E-state index is 12.5. The number of amides is 3.